The molecule has 2 N–H and O–H groups in total. The summed E-state index contributed by atoms with van der Waals surface area (Å²) >= 11 is 0. The van der Waals surface area contributed by atoms with Crippen LogP contribution in [-0.4, -0.2) is 46.7 Å². The van der Waals surface area contributed by atoms with Crippen molar-refractivity contribution in [2.45, 2.75) is 33.8 Å². The summed E-state index contributed by atoms with van der Waals surface area (Å²) in [6.45, 7) is 6.81. The Morgan fingerprint density at radius 1 is 1.31 bits per heavy atom. The first-order chi connectivity index (χ1) is 7.07. The van der Waals surface area contributed by atoms with E-state index in [1.807, 2.05) is 0 Å². The number of likely N-dealkylation sites (N-methyl/N-ethyl adjacent to an activating group) is 1. The van der Waals surface area contributed by atoms with Crippen molar-refractivity contribution < 1.29 is 19.8 Å². The van der Waals surface area contributed by atoms with Crippen LogP contribution < -0.4 is 0 Å². The third-order valence-electron chi connectivity index (χ3n) is 2.27. The molecule has 0 heterocycles. The molecule has 0 aliphatic rings. The molecule has 94 valence electrons. The number of nitrogens with zero attached hydrogens (tertiary/aromatic N) is 1. The first kappa shape index (κ1) is 14.9. The smallest absolute Gasteiger partial charge is 0.316 e. The normalized spacial score (nSPS) is 15.4. The fraction of sp³-hybridized carbons (Fsp3) is 0.818. The summed E-state index contributed by atoms with van der Waals surface area (Å²) in [7, 11) is 1.50. The van der Waals surface area contributed by atoms with Crippen LogP contribution in [0.5, 0.6) is 0 Å². The SMILES string of the molecule is CC(O)CN(C)C(=O)C(C(=O)O)C(C)(C)C. The summed E-state index contributed by atoms with van der Waals surface area (Å²) in [5.74, 6) is -2.69. The second kappa shape index (κ2) is 5.30. The molecule has 2 atom stereocenters. The second-order valence-corrected chi connectivity index (χ2v) is 5.21. The van der Waals surface area contributed by atoms with Crippen molar-refractivity contribution in [3.05, 3.63) is 0 Å². The minimum absolute atomic E-state index is 0.138. The lowest BCUT2D eigenvalue weighted by atomic mass is 9.80. The van der Waals surface area contributed by atoms with Crippen LogP contribution in [0.1, 0.15) is 27.7 Å². The van der Waals surface area contributed by atoms with Gasteiger partial charge in [-0.15, -0.1) is 0 Å². The van der Waals surface area contributed by atoms with Gasteiger partial charge in [0.2, 0.25) is 5.91 Å². The highest BCUT2D eigenvalue weighted by Gasteiger charge is 2.39. The minimum atomic E-state index is -1.13. The molecule has 0 spiro atoms. The molecule has 0 saturated heterocycles. The maximum absolute atomic E-state index is 11.9. The molecule has 0 bridgehead atoms. The van der Waals surface area contributed by atoms with Crippen LogP contribution >= 0.6 is 0 Å². The number of carbonyl (C=O) groups excluding carboxylic acids is 1. The zero-order chi connectivity index (χ0) is 13.1. The molecule has 0 radical (unpaired) electrons. The van der Waals surface area contributed by atoms with E-state index in [0.717, 1.165) is 0 Å². The van der Waals surface area contributed by atoms with E-state index in [9.17, 15) is 9.59 Å². The van der Waals surface area contributed by atoms with Gasteiger partial charge in [-0.2, -0.15) is 0 Å². The molecule has 0 aromatic heterocycles. The van der Waals surface area contributed by atoms with E-state index in [1.165, 1.54) is 11.9 Å². The molecule has 0 fully saturated rings. The fourth-order valence-electron chi connectivity index (χ4n) is 1.55. The number of hydrogen-bond donors (Lipinski definition) is 2. The van der Waals surface area contributed by atoms with E-state index in [0.29, 0.717) is 0 Å². The molecule has 1 amide bonds. The first-order valence-electron chi connectivity index (χ1n) is 5.23. The standard InChI is InChI=1S/C11H21NO4/c1-7(13)6-12(5)9(14)8(10(15)16)11(2,3)4/h7-8,13H,6H2,1-5H3,(H,15,16). The van der Waals surface area contributed by atoms with Crippen LogP contribution in [-0.2, 0) is 9.59 Å². The van der Waals surface area contributed by atoms with Crippen molar-refractivity contribution >= 4 is 11.9 Å². The Kier molecular flexibility index (Phi) is 4.93. The Balaban J connectivity index is 4.83. The molecular weight excluding hydrogens is 210 g/mol. The number of aliphatic hydroxyl groups excluding tert-OH is 1. The molecule has 0 aromatic rings. The van der Waals surface area contributed by atoms with Crippen LogP contribution in [0.3, 0.4) is 0 Å². The van der Waals surface area contributed by atoms with Gasteiger partial charge in [0.15, 0.2) is 0 Å². The number of hydrogen-bond acceptors (Lipinski definition) is 3. The minimum Gasteiger partial charge on any atom is -0.481 e. The van der Waals surface area contributed by atoms with E-state index in [-0.39, 0.29) is 6.54 Å². The van der Waals surface area contributed by atoms with Crippen molar-refractivity contribution in [2.75, 3.05) is 13.6 Å². The molecule has 16 heavy (non-hydrogen) atoms. The highest BCUT2D eigenvalue weighted by Crippen LogP contribution is 2.27. The molecule has 0 aromatic carbocycles. The van der Waals surface area contributed by atoms with Gasteiger partial charge < -0.3 is 15.1 Å². The number of amides is 1. The van der Waals surface area contributed by atoms with Gasteiger partial charge in [0, 0.05) is 13.6 Å². The summed E-state index contributed by atoms with van der Waals surface area (Å²) in [4.78, 5) is 24.2. The van der Waals surface area contributed by atoms with E-state index in [1.54, 1.807) is 27.7 Å². The maximum Gasteiger partial charge on any atom is 0.316 e. The van der Waals surface area contributed by atoms with Gasteiger partial charge in [0.05, 0.1) is 6.10 Å². The average molecular weight is 231 g/mol. The van der Waals surface area contributed by atoms with Crippen LogP contribution in [0.2, 0.25) is 0 Å². The Bertz CT molecular complexity index is 268. The van der Waals surface area contributed by atoms with Gasteiger partial charge in [-0.3, -0.25) is 9.59 Å². The Morgan fingerprint density at radius 2 is 1.75 bits per heavy atom. The molecular formula is C11H21NO4. The first-order valence-corrected chi connectivity index (χ1v) is 5.23. The third kappa shape index (κ3) is 4.18. The highest BCUT2D eigenvalue weighted by atomic mass is 16.4. The maximum atomic E-state index is 11.9. The van der Waals surface area contributed by atoms with Crippen LogP contribution in [0, 0.1) is 11.3 Å². The van der Waals surface area contributed by atoms with Crippen molar-refractivity contribution in [1.29, 1.82) is 0 Å². The largest absolute Gasteiger partial charge is 0.481 e. The predicted octanol–water partition coefficient (Wildman–Crippen LogP) is 0.572. The molecule has 2 unspecified atom stereocenters. The molecule has 5 heteroatoms. The van der Waals surface area contributed by atoms with E-state index < -0.39 is 29.3 Å². The number of carboxylic acids is 1. The Hall–Kier alpha value is -1.10. The average Bonchev–Trinajstić information content (AvgIpc) is 1.98. The van der Waals surface area contributed by atoms with Crippen molar-refractivity contribution in [1.82, 2.24) is 4.90 Å². The quantitative estimate of drug-likeness (QED) is 0.693. The summed E-state index contributed by atoms with van der Waals surface area (Å²) in [5.41, 5.74) is -0.643. The van der Waals surface area contributed by atoms with E-state index >= 15 is 0 Å². The lowest BCUT2D eigenvalue weighted by molar-refractivity contribution is -0.156. The molecule has 0 aliphatic carbocycles. The monoisotopic (exact) mass is 231 g/mol. The second-order valence-electron chi connectivity index (χ2n) is 5.21. The topological polar surface area (TPSA) is 77.8 Å². The van der Waals surface area contributed by atoms with E-state index in [2.05, 4.69) is 0 Å². The zero-order valence-corrected chi connectivity index (χ0v) is 10.5. The van der Waals surface area contributed by atoms with Crippen molar-refractivity contribution in [2.24, 2.45) is 11.3 Å². The van der Waals surface area contributed by atoms with Crippen LogP contribution in [0.4, 0.5) is 0 Å². The van der Waals surface area contributed by atoms with Gasteiger partial charge in [0.1, 0.15) is 5.92 Å². The summed E-state index contributed by atoms with van der Waals surface area (Å²) in [6.07, 6.45) is -0.664. The summed E-state index contributed by atoms with van der Waals surface area (Å²) in [6, 6.07) is 0. The van der Waals surface area contributed by atoms with Crippen molar-refractivity contribution in [3.63, 3.8) is 0 Å². The molecule has 0 rings (SSSR count). The Morgan fingerprint density at radius 3 is 2.00 bits per heavy atom. The highest BCUT2D eigenvalue weighted by molar-refractivity contribution is 5.97. The Labute approximate surface area is 96.1 Å². The van der Waals surface area contributed by atoms with Crippen LogP contribution in [0.25, 0.3) is 0 Å². The van der Waals surface area contributed by atoms with Gasteiger partial charge in [-0.05, 0) is 12.3 Å². The summed E-state index contributed by atoms with van der Waals surface area (Å²) in [5, 5.41) is 18.2. The summed E-state index contributed by atoms with van der Waals surface area (Å²) < 4.78 is 0. The van der Waals surface area contributed by atoms with E-state index in [4.69, 9.17) is 10.2 Å². The molecule has 0 aliphatic heterocycles. The number of carbonyl (C=O) groups is 2. The third-order valence-corrected chi connectivity index (χ3v) is 2.27. The number of rotatable bonds is 4. The number of carboxylic acid groups (broad SMARTS) is 1. The van der Waals surface area contributed by atoms with Gasteiger partial charge >= 0.3 is 5.97 Å². The van der Waals surface area contributed by atoms with Crippen LogP contribution in [0.15, 0.2) is 0 Å². The number of aliphatic hydroxyl groups is 1. The fourth-order valence-corrected chi connectivity index (χ4v) is 1.55. The molecule has 0 saturated carbocycles. The number of aliphatic carboxylic acids is 1. The zero-order valence-electron chi connectivity index (χ0n) is 10.5. The molecule has 5 nitrogen and oxygen atoms in total. The lowest BCUT2D eigenvalue weighted by Gasteiger charge is -2.30. The van der Waals surface area contributed by atoms with Gasteiger partial charge in [-0.1, -0.05) is 20.8 Å². The van der Waals surface area contributed by atoms with Gasteiger partial charge in [-0.25, -0.2) is 0 Å². The van der Waals surface area contributed by atoms with Gasteiger partial charge in [0.25, 0.3) is 0 Å². The van der Waals surface area contributed by atoms with Crippen molar-refractivity contribution in [3.8, 4) is 0 Å². The lowest BCUT2D eigenvalue weighted by Crippen LogP contribution is -2.45. The predicted molar refractivity (Wildman–Crippen MR) is 59.9 cm³/mol.